The minimum Gasteiger partial charge on any atom is -0.491 e. The first-order valence-electron chi connectivity index (χ1n) is 10.3. The summed E-state index contributed by atoms with van der Waals surface area (Å²) < 4.78 is 30.0. The molecule has 9 heteroatoms. The van der Waals surface area contributed by atoms with Crippen molar-refractivity contribution in [3.63, 3.8) is 0 Å². The highest BCUT2D eigenvalue weighted by Gasteiger charge is 2.67. The fourth-order valence-electron chi connectivity index (χ4n) is 4.14. The van der Waals surface area contributed by atoms with Crippen LogP contribution in [0.15, 0.2) is 42.5 Å². The number of benzene rings is 2. The summed E-state index contributed by atoms with van der Waals surface area (Å²) >= 11 is 6.40. The third-order valence-corrected chi connectivity index (χ3v) is 6.34. The van der Waals surface area contributed by atoms with Gasteiger partial charge in [0.1, 0.15) is 42.4 Å². The number of aliphatic hydroxyl groups excluding tert-OH is 4. The summed E-state index contributed by atoms with van der Waals surface area (Å²) in [6, 6.07) is 12.1. The van der Waals surface area contributed by atoms with E-state index in [9.17, 15) is 24.8 Å². The van der Waals surface area contributed by atoms with Crippen LogP contribution in [-0.2, 0) is 21.7 Å². The van der Waals surface area contributed by atoms with E-state index in [2.05, 4.69) is 0 Å². The number of hydrogen-bond donors (Lipinski definition) is 4. The molecular formula is C23H26ClFO7. The zero-order valence-electron chi connectivity index (χ0n) is 17.4. The van der Waals surface area contributed by atoms with Gasteiger partial charge in [-0.1, -0.05) is 29.8 Å². The van der Waals surface area contributed by atoms with Crippen LogP contribution in [0.25, 0.3) is 0 Å². The molecule has 2 saturated heterocycles. The van der Waals surface area contributed by atoms with E-state index in [-0.39, 0.29) is 13.2 Å². The van der Waals surface area contributed by atoms with Crippen molar-refractivity contribution in [1.29, 1.82) is 0 Å². The molecule has 2 unspecified atom stereocenters. The molecule has 0 radical (unpaired) electrons. The Bertz CT molecular complexity index is 956. The van der Waals surface area contributed by atoms with Crippen LogP contribution >= 0.6 is 11.6 Å². The highest BCUT2D eigenvalue weighted by molar-refractivity contribution is 6.31. The van der Waals surface area contributed by atoms with Crippen molar-refractivity contribution in [3.05, 3.63) is 64.2 Å². The molecule has 0 saturated carbocycles. The maximum absolute atomic E-state index is 13.0. The second-order valence-electron chi connectivity index (χ2n) is 8.38. The van der Waals surface area contributed by atoms with Gasteiger partial charge >= 0.3 is 0 Å². The summed E-state index contributed by atoms with van der Waals surface area (Å²) in [5.41, 5.74) is 0.499. The molecular weight excluding hydrogens is 443 g/mol. The fourth-order valence-corrected chi connectivity index (χ4v) is 4.32. The van der Waals surface area contributed by atoms with Gasteiger partial charge in [0.2, 0.25) is 5.79 Å². The van der Waals surface area contributed by atoms with Crippen molar-refractivity contribution in [2.75, 3.05) is 19.8 Å². The van der Waals surface area contributed by atoms with E-state index < -0.39 is 42.5 Å². The Labute approximate surface area is 189 Å². The summed E-state index contributed by atoms with van der Waals surface area (Å²) in [6.07, 6.45) is -5.28. The molecule has 4 rings (SSSR count). The maximum atomic E-state index is 13.0. The second-order valence-corrected chi connectivity index (χ2v) is 8.79. The van der Waals surface area contributed by atoms with Crippen molar-refractivity contribution in [2.24, 2.45) is 0 Å². The maximum Gasteiger partial charge on any atom is 0.225 e. The lowest BCUT2D eigenvalue weighted by Crippen LogP contribution is -2.65. The molecule has 174 valence electrons. The molecule has 2 aliphatic heterocycles. The van der Waals surface area contributed by atoms with E-state index in [0.29, 0.717) is 28.3 Å². The molecule has 7 nitrogen and oxygen atoms in total. The van der Waals surface area contributed by atoms with Gasteiger partial charge in [0, 0.05) is 10.6 Å². The van der Waals surface area contributed by atoms with Gasteiger partial charge in [-0.25, -0.2) is 4.39 Å². The number of alkyl halides is 1. The van der Waals surface area contributed by atoms with Gasteiger partial charge in [0.25, 0.3) is 0 Å². The molecule has 2 fully saturated rings. The van der Waals surface area contributed by atoms with Crippen molar-refractivity contribution >= 4 is 11.6 Å². The highest BCUT2D eigenvalue weighted by Crippen LogP contribution is 2.49. The average molecular weight is 469 g/mol. The Morgan fingerprint density at radius 3 is 2.53 bits per heavy atom. The average Bonchev–Trinajstić information content (AvgIpc) is 3.17. The first-order chi connectivity index (χ1) is 15.2. The molecule has 0 amide bonds. The summed E-state index contributed by atoms with van der Waals surface area (Å²) in [4.78, 5) is 0. The molecule has 6 atom stereocenters. The molecule has 2 heterocycles. The van der Waals surface area contributed by atoms with Crippen LogP contribution in [-0.4, -0.2) is 70.3 Å². The quantitative estimate of drug-likeness (QED) is 0.489. The first-order valence-corrected chi connectivity index (χ1v) is 10.7. The van der Waals surface area contributed by atoms with Crippen molar-refractivity contribution < 1.29 is 39.0 Å². The topological polar surface area (TPSA) is 109 Å². The van der Waals surface area contributed by atoms with Gasteiger partial charge < -0.3 is 34.6 Å². The Morgan fingerprint density at radius 1 is 1.16 bits per heavy atom. The molecule has 0 aliphatic carbocycles. The van der Waals surface area contributed by atoms with Gasteiger partial charge in [0.15, 0.2) is 0 Å². The van der Waals surface area contributed by atoms with Crippen LogP contribution in [0.5, 0.6) is 5.75 Å². The first kappa shape index (κ1) is 23.4. The summed E-state index contributed by atoms with van der Waals surface area (Å²) in [5.74, 6) is -1.19. The third kappa shape index (κ3) is 4.01. The van der Waals surface area contributed by atoms with Crippen LogP contribution in [0.3, 0.4) is 0 Å². The predicted molar refractivity (Wildman–Crippen MR) is 113 cm³/mol. The van der Waals surface area contributed by atoms with Crippen molar-refractivity contribution in [1.82, 2.24) is 0 Å². The zero-order chi connectivity index (χ0) is 23.1. The van der Waals surface area contributed by atoms with Gasteiger partial charge in [-0.3, -0.25) is 0 Å². The number of fused-ring (bicyclic) bond motifs is 2. The van der Waals surface area contributed by atoms with Gasteiger partial charge in [-0.05, 0) is 48.7 Å². The van der Waals surface area contributed by atoms with Gasteiger partial charge in [-0.15, -0.1) is 0 Å². The predicted octanol–water partition coefficient (Wildman–Crippen LogP) is 1.69. The molecule has 2 bridgehead atoms. The largest absolute Gasteiger partial charge is 0.491 e. The monoisotopic (exact) mass is 468 g/mol. The third-order valence-electron chi connectivity index (χ3n) is 5.97. The molecule has 0 aromatic heterocycles. The second kappa shape index (κ2) is 8.87. The Hall–Kier alpha value is -1.78. The standard InChI is InChI=1S/C23H26ClFO7/c1-13(25)10-30-17-5-2-14(3-6-17)8-15-9-16(4-7-18(15)24)23-21(29)19(27)20(28)22(11-26,32-23)12-31-23/h2-7,9,13,19-21,26-29H,8,10-12H2,1H3/t13?,19-,20-,21+,22+,23?/m0/s1. The van der Waals surface area contributed by atoms with Crippen LogP contribution < -0.4 is 4.74 Å². The smallest absolute Gasteiger partial charge is 0.225 e. The SMILES string of the molecule is CC(F)COc1ccc(Cc2cc(C34OC[C@@](CO)(O3)[C@@H](O)[C@H](O)[C@H]4O)ccc2Cl)cc1. The van der Waals surface area contributed by atoms with Crippen molar-refractivity contribution in [2.45, 2.75) is 49.2 Å². The summed E-state index contributed by atoms with van der Waals surface area (Å²) in [6.45, 7) is 0.618. The zero-order valence-corrected chi connectivity index (χ0v) is 18.2. The molecule has 32 heavy (non-hydrogen) atoms. The number of hydrogen-bond acceptors (Lipinski definition) is 7. The van der Waals surface area contributed by atoms with E-state index in [0.717, 1.165) is 5.56 Å². The van der Waals surface area contributed by atoms with Crippen molar-refractivity contribution in [3.8, 4) is 5.75 Å². The normalized spacial score (nSPS) is 32.7. The number of halogens is 2. The Kier molecular flexibility index (Phi) is 6.48. The minimum atomic E-state index is -1.75. The number of aliphatic hydroxyl groups is 4. The van der Waals surface area contributed by atoms with E-state index in [1.807, 2.05) is 12.1 Å². The Morgan fingerprint density at radius 2 is 1.88 bits per heavy atom. The molecule has 2 aliphatic rings. The number of ether oxygens (including phenoxy) is 3. The molecule has 4 N–H and O–H groups in total. The summed E-state index contributed by atoms with van der Waals surface area (Å²) in [7, 11) is 0. The van der Waals surface area contributed by atoms with Gasteiger partial charge in [0.05, 0.1) is 13.2 Å². The lowest BCUT2D eigenvalue weighted by molar-refractivity contribution is -0.329. The van der Waals surface area contributed by atoms with E-state index in [4.69, 9.17) is 25.8 Å². The lowest BCUT2D eigenvalue weighted by Gasteiger charge is -2.46. The van der Waals surface area contributed by atoms with E-state index in [1.165, 1.54) is 6.92 Å². The van der Waals surface area contributed by atoms with Crippen LogP contribution in [0, 0.1) is 0 Å². The fraction of sp³-hybridized carbons (Fsp3) is 0.478. The van der Waals surface area contributed by atoms with E-state index in [1.54, 1.807) is 30.3 Å². The van der Waals surface area contributed by atoms with Crippen LogP contribution in [0.2, 0.25) is 5.02 Å². The minimum absolute atomic E-state index is 0.0203. The Balaban J connectivity index is 1.59. The molecule has 2 aromatic carbocycles. The van der Waals surface area contributed by atoms with Crippen LogP contribution in [0.1, 0.15) is 23.6 Å². The summed E-state index contributed by atoms with van der Waals surface area (Å²) in [5, 5.41) is 41.6. The highest BCUT2D eigenvalue weighted by atomic mass is 35.5. The molecule has 2 aromatic rings. The van der Waals surface area contributed by atoms with Crippen LogP contribution in [0.4, 0.5) is 4.39 Å². The number of rotatable bonds is 7. The van der Waals surface area contributed by atoms with Gasteiger partial charge in [-0.2, -0.15) is 0 Å². The lowest BCUT2D eigenvalue weighted by atomic mass is 9.83. The molecule has 0 spiro atoms. The van der Waals surface area contributed by atoms with E-state index >= 15 is 0 Å².